The van der Waals surface area contributed by atoms with E-state index < -0.39 is 0 Å². The van der Waals surface area contributed by atoms with Gasteiger partial charge in [0.1, 0.15) is 5.70 Å². The molecule has 0 aliphatic rings. The van der Waals surface area contributed by atoms with Crippen molar-refractivity contribution in [2.24, 2.45) is 0 Å². The largest absolute Gasteiger partial charge is 0.349 e. The molecule has 0 aliphatic carbocycles. The smallest absolute Gasteiger partial charge is 0.268 e. The lowest BCUT2D eigenvalue weighted by molar-refractivity contribution is -0.118. The number of aromatic nitrogens is 1. The van der Waals surface area contributed by atoms with Crippen LogP contribution in [-0.4, -0.2) is 22.4 Å². The zero-order valence-corrected chi connectivity index (χ0v) is 16.4. The second-order valence-corrected chi connectivity index (χ2v) is 6.89. The van der Waals surface area contributed by atoms with Crippen molar-refractivity contribution in [2.75, 3.05) is 0 Å². The Morgan fingerprint density at radius 2 is 1.71 bits per heavy atom. The van der Waals surface area contributed by atoms with Crippen molar-refractivity contribution in [1.82, 2.24) is 15.2 Å². The number of carbonyl (C=O) groups excluding carboxylic acids is 2. The summed E-state index contributed by atoms with van der Waals surface area (Å²) in [4.78, 5) is 25.4. The van der Waals surface area contributed by atoms with Gasteiger partial charge in [0, 0.05) is 40.8 Å². The Morgan fingerprint density at radius 3 is 2.39 bits per heavy atom. The first-order chi connectivity index (χ1) is 13.5. The van der Waals surface area contributed by atoms with Gasteiger partial charge in [-0.2, -0.15) is 0 Å². The van der Waals surface area contributed by atoms with Crippen LogP contribution in [0.5, 0.6) is 0 Å². The number of rotatable bonds is 6. The second-order valence-electron chi connectivity index (χ2n) is 6.89. The molecule has 3 aromatic rings. The summed E-state index contributed by atoms with van der Waals surface area (Å²) < 4.78 is 2.12. The fourth-order valence-corrected chi connectivity index (χ4v) is 3.09. The molecular formula is C23H25N3O2. The minimum Gasteiger partial charge on any atom is -0.349 e. The van der Waals surface area contributed by atoms with Gasteiger partial charge >= 0.3 is 0 Å². The average Bonchev–Trinajstić information content (AvgIpc) is 3.05. The van der Waals surface area contributed by atoms with Crippen LogP contribution in [0.4, 0.5) is 0 Å². The van der Waals surface area contributed by atoms with E-state index in [9.17, 15) is 9.59 Å². The molecule has 0 radical (unpaired) electrons. The Labute approximate surface area is 165 Å². The minimum atomic E-state index is -0.315. The topological polar surface area (TPSA) is 63.1 Å². The summed E-state index contributed by atoms with van der Waals surface area (Å²) in [6.07, 6.45) is 3.75. The summed E-state index contributed by atoms with van der Waals surface area (Å²) >= 11 is 0. The Balaban J connectivity index is 2.01. The lowest BCUT2D eigenvalue weighted by atomic mass is 10.1. The molecule has 0 bridgehead atoms. The first kappa shape index (κ1) is 19.4. The Kier molecular flexibility index (Phi) is 5.94. The van der Waals surface area contributed by atoms with Gasteiger partial charge < -0.3 is 15.2 Å². The van der Waals surface area contributed by atoms with Gasteiger partial charge in [0.15, 0.2) is 0 Å². The lowest BCUT2D eigenvalue weighted by Crippen LogP contribution is -2.38. The van der Waals surface area contributed by atoms with Crippen LogP contribution in [0.25, 0.3) is 17.0 Å². The number of fused-ring (bicyclic) bond motifs is 1. The molecule has 1 heterocycles. The predicted octanol–water partition coefficient (Wildman–Crippen LogP) is 3.96. The Bertz CT molecular complexity index is 1020. The van der Waals surface area contributed by atoms with Crippen LogP contribution in [0.15, 0.2) is 66.5 Å². The molecule has 0 atom stereocenters. The average molecular weight is 375 g/mol. The number of aryl methyl sites for hydroxylation is 1. The summed E-state index contributed by atoms with van der Waals surface area (Å²) in [5.41, 5.74) is 2.71. The predicted molar refractivity (Wildman–Crippen MR) is 113 cm³/mol. The number of hydrogen-bond donors (Lipinski definition) is 2. The van der Waals surface area contributed by atoms with Crippen LogP contribution >= 0.6 is 0 Å². The highest BCUT2D eigenvalue weighted by molar-refractivity contribution is 6.06. The molecule has 2 aromatic carbocycles. The molecule has 1 aromatic heterocycles. The van der Waals surface area contributed by atoms with Crippen molar-refractivity contribution < 1.29 is 9.59 Å². The van der Waals surface area contributed by atoms with E-state index in [1.165, 1.54) is 0 Å². The van der Waals surface area contributed by atoms with Crippen LogP contribution in [0.2, 0.25) is 0 Å². The molecule has 3 rings (SSSR count). The molecule has 28 heavy (non-hydrogen) atoms. The third-order valence-corrected chi connectivity index (χ3v) is 4.41. The summed E-state index contributed by atoms with van der Waals surface area (Å²) in [5.74, 6) is -0.627. The monoisotopic (exact) mass is 375 g/mol. The number of nitrogens with one attached hydrogen (secondary N) is 2. The van der Waals surface area contributed by atoms with Crippen molar-refractivity contribution in [3.8, 4) is 0 Å². The van der Waals surface area contributed by atoms with Gasteiger partial charge in [0.25, 0.3) is 11.8 Å². The fraction of sp³-hybridized carbons (Fsp3) is 0.217. The number of para-hydroxylation sites is 1. The van der Waals surface area contributed by atoms with Crippen LogP contribution in [0.1, 0.15) is 36.7 Å². The standard InChI is InChI=1S/C23H25N3O2/c1-4-26-15-18(19-12-8-9-13-21(19)26)14-20(23(28)24-16(2)3)25-22(27)17-10-6-5-7-11-17/h5-16H,4H2,1-3H3,(H,24,28)(H,25,27)/b20-14-. The van der Waals surface area contributed by atoms with Crippen LogP contribution < -0.4 is 10.6 Å². The third kappa shape index (κ3) is 4.31. The zero-order chi connectivity index (χ0) is 20.1. The van der Waals surface area contributed by atoms with Gasteiger partial charge in [-0.1, -0.05) is 36.4 Å². The number of hydrogen-bond acceptors (Lipinski definition) is 2. The molecule has 0 spiro atoms. The van der Waals surface area contributed by atoms with Gasteiger partial charge in [-0.25, -0.2) is 0 Å². The highest BCUT2D eigenvalue weighted by Crippen LogP contribution is 2.23. The van der Waals surface area contributed by atoms with E-state index >= 15 is 0 Å². The van der Waals surface area contributed by atoms with Crippen LogP contribution in [0.3, 0.4) is 0 Å². The normalized spacial score (nSPS) is 11.6. The summed E-state index contributed by atoms with van der Waals surface area (Å²) in [7, 11) is 0. The minimum absolute atomic E-state index is 0.0403. The Morgan fingerprint density at radius 1 is 1.04 bits per heavy atom. The van der Waals surface area contributed by atoms with Crippen molar-refractivity contribution in [3.63, 3.8) is 0 Å². The molecule has 0 unspecified atom stereocenters. The number of benzene rings is 2. The zero-order valence-electron chi connectivity index (χ0n) is 16.4. The summed E-state index contributed by atoms with van der Waals surface area (Å²) in [5, 5.41) is 6.68. The lowest BCUT2D eigenvalue weighted by Gasteiger charge is -2.13. The molecule has 2 N–H and O–H groups in total. The second kappa shape index (κ2) is 8.57. The van der Waals surface area contributed by atoms with E-state index in [1.54, 1.807) is 30.3 Å². The third-order valence-electron chi connectivity index (χ3n) is 4.41. The fourth-order valence-electron chi connectivity index (χ4n) is 3.09. The first-order valence-corrected chi connectivity index (χ1v) is 9.46. The summed E-state index contributed by atoms with van der Waals surface area (Å²) in [6.45, 7) is 6.66. The Hall–Kier alpha value is -3.34. The maximum atomic E-state index is 12.7. The van der Waals surface area contributed by atoms with E-state index in [0.717, 1.165) is 23.0 Å². The number of carbonyl (C=O) groups is 2. The van der Waals surface area contributed by atoms with Crippen molar-refractivity contribution in [1.29, 1.82) is 0 Å². The van der Waals surface area contributed by atoms with E-state index in [1.807, 2.05) is 50.4 Å². The van der Waals surface area contributed by atoms with E-state index in [0.29, 0.717) is 5.56 Å². The highest BCUT2D eigenvalue weighted by atomic mass is 16.2. The van der Waals surface area contributed by atoms with Crippen molar-refractivity contribution >= 4 is 28.8 Å². The molecule has 5 nitrogen and oxygen atoms in total. The van der Waals surface area contributed by atoms with Gasteiger partial charge in [-0.15, -0.1) is 0 Å². The molecule has 0 aliphatic heterocycles. The number of nitrogens with zero attached hydrogens (tertiary/aromatic N) is 1. The highest BCUT2D eigenvalue weighted by Gasteiger charge is 2.16. The van der Waals surface area contributed by atoms with Gasteiger partial charge in [-0.3, -0.25) is 9.59 Å². The quantitative estimate of drug-likeness (QED) is 0.641. The molecular weight excluding hydrogens is 350 g/mol. The maximum absolute atomic E-state index is 12.7. The molecule has 144 valence electrons. The first-order valence-electron chi connectivity index (χ1n) is 9.46. The van der Waals surface area contributed by atoms with Crippen molar-refractivity contribution in [3.05, 3.63) is 77.6 Å². The van der Waals surface area contributed by atoms with E-state index in [2.05, 4.69) is 22.1 Å². The van der Waals surface area contributed by atoms with Gasteiger partial charge in [-0.05, 0) is 45.0 Å². The molecule has 2 amide bonds. The van der Waals surface area contributed by atoms with E-state index in [4.69, 9.17) is 0 Å². The van der Waals surface area contributed by atoms with Gasteiger partial charge in [0.05, 0.1) is 0 Å². The van der Waals surface area contributed by atoms with Crippen molar-refractivity contribution in [2.45, 2.75) is 33.4 Å². The van der Waals surface area contributed by atoms with Crippen LogP contribution in [0, 0.1) is 0 Å². The van der Waals surface area contributed by atoms with E-state index in [-0.39, 0.29) is 23.6 Å². The van der Waals surface area contributed by atoms with Gasteiger partial charge in [0.2, 0.25) is 0 Å². The maximum Gasteiger partial charge on any atom is 0.268 e. The summed E-state index contributed by atoms with van der Waals surface area (Å²) in [6, 6.07) is 16.9. The van der Waals surface area contributed by atoms with Crippen LogP contribution in [-0.2, 0) is 11.3 Å². The SMILES string of the molecule is CCn1cc(/C=C(\NC(=O)c2ccccc2)C(=O)NC(C)C)c2ccccc21. The molecule has 5 heteroatoms. The molecule has 0 saturated heterocycles. The molecule has 0 fully saturated rings. The molecule has 0 saturated carbocycles. The number of amides is 2.